The highest BCUT2D eigenvalue weighted by molar-refractivity contribution is 6.14. The van der Waals surface area contributed by atoms with Gasteiger partial charge in [0.2, 0.25) is 17.7 Å². The molecular weight excluding hydrogens is 360 g/mol. The lowest BCUT2D eigenvalue weighted by Crippen LogP contribution is -2.36. The zero-order valence-electron chi connectivity index (χ0n) is 16.7. The number of alkyl carbamates (subject to hydrolysis) is 1. The zero-order chi connectivity index (χ0) is 20.7. The van der Waals surface area contributed by atoms with E-state index in [0.717, 1.165) is 10.5 Å². The largest absolute Gasteiger partial charge is 0.444 e. The van der Waals surface area contributed by atoms with E-state index < -0.39 is 29.4 Å². The van der Waals surface area contributed by atoms with Gasteiger partial charge >= 0.3 is 6.09 Å². The van der Waals surface area contributed by atoms with E-state index in [-0.39, 0.29) is 25.2 Å². The highest BCUT2D eigenvalue weighted by Crippen LogP contribution is 2.23. The molecule has 1 fully saturated rings. The summed E-state index contributed by atoms with van der Waals surface area (Å²) in [7, 11) is 0. The smallest absolute Gasteiger partial charge is 0.407 e. The Morgan fingerprint density at radius 3 is 2.29 bits per heavy atom. The predicted octanol–water partition coefficient (Wildman–Crippen LogP) is 3.14. The van der Waals surface area contributed by atoms with Crippen LogP contribution in [0, 0.1) is 0 Å². The minimum atomic E-state index is -0.576. The Kier molecular flexibility index (Phi) is 7.31. The molecule has 1 aromatic carbocycles. The summed E-state index contributed by atoms with van der Waals surface area (Å²) in [6, 6.07) is 9.69. The van der Waals surface area contributed by atoms with Gasteiger partial charge in [0.25, 0.3) is 0 Å². The van der Waals surface area contributed by atoms with Crippen molar-refractivity contribution in [2.24, 2.45) is 0 Å². The van der Waals surface area contributed by atoms with Crippen molar-refractivity contribution in [2.75, 3.05) is 6.54 Å². The molecule has 28 heavy (non-hydrogen) atoms. The molecule has 1 heterocycles. The SMILES string of the molecule is CC(C)(C)OC(=O)NCC(CCCC(=O)N1C(=O)CCC1=O)c1ccccc1. The number of hydrogen-bond donors (Lipinski definition) is 1. The minimum Gasteiger partial charge on any atom is -0.444 e. The first kappa shape index (κ1) is 21.6. The molecule has 152 valence electrons. The summed E-state index contributed by atoms with van der Waals surface area (Å²) >= 11 is 0. The second kappa shape index (κ2) is 9.48. The molecule has 1 saturated heterocycles. The van der Waals surface area contributed by atoms with Crippen LogP contribution < -0.4 is 5.32 Å². The van der Waals surface area contributed by atoms with Crippen molar-refractivity contribution in [1.82, 2.24) is 10.2 Å². The van der Waals surface area contributed by atoms with Crippen molar-refractivity contribution in [2.45, 2.75) is 64.4 Å². The first-order valence-corrected chi connectivity index (χ1v) is 9.58. The van der Waals surface area contributed by atoms with Crippen LogP contribution in [-0.4, -0.2) is 40.9 Å². The van der Waals surface area contributed by atoms with E-state index in [4.69, 9.17) is 4.74 Å². The van der Waals surface area contributed by atoms with Gasteiger partial charge in [-0.25, -0.2) is 9.69 Å². The van der Waals surface area contributed by atoms with Crippen LogP contribution in [0.4, 0.5) is 4.79 Å². The van der Waals surface area contributed by atoms with Crippen LogP contribution >= 0.6 is 0 Å². The average Bonchev–Trinajstić information content (AvgIpc) is 2.95. The lowest BCUT2D eigenvalue weighted by molar-refractivity contribution is -0.149. The van der Waals surface area contributed by atoms with E-state index in [1.54, 1.807) is 20.8 Å². The summed E-state index contributed by atoms with van der Waals surface area (Å²) < 4.78 is 5.27. The van der Waals surface area contributed by atoms with Crippen LogP contribution in [0.3, 0.4) is 0 Å². The second-order valence-corrected chi connectivity index (χ2v) is 7.90. The number of ether oxygens (including phenoxy) is 1. The van der Waals surface area contributed by atoms with Gasteiger partial charge in [-0.3, -0.25) is 14.4 Å². The number of nitrogens with one attached hydrogen (secondary N) is 1. The summed E-state index contributed by atoms with van der Waals surface area (Å²) in [6.07, 6.45) is 0.979. The molecule has 1 aromatic rings. The Bertz CT molecular complexity index is 708. The lowest BCUT2D eigenvalue weighted by Gasteiger charge is -2.22. The van der Waals surface area contributed by atoms with E-state index >= 15 is 0 Å². The zero-order valence-corrected chi connectivity index (χ0v) is 16.7. The molecule has 0 aliphatic carbocycles. The lowest BCUT2D eigenvalue weighted by atomic mass is 9.93. The Morgan fingerprint density at radius 2 is 1.71 bits per heavy atom. The molecule has 7 heteroatoms. The van der Waals surface area contributed by atoms with Gasteiger partial charge in [0.15, 0.2) is 0 Å². The number of likely N-dealkylation sites (tertiary alicyclic amines) is 1. The molecule has 1 N–H and O–H groups in total. The van der Waals surface area contributed by atoms with E-state index in [1.807, 2.05) is 30.3 Å². The summed E-state index contributed by atoms with van der Waals surface area (Å²) in [6.45, 7) is 5.77. The molecule has 0 bridgehead atoms. The topological polar surface area (TPSA) is 92.8 Å². The van der Waals surface area contributed by atoms with Crippen LogP contribution in [0.25, 0.3) is 0 Å². The summed E-state index contributed by atoms with van der Waals surface area (Å²) in [5, 5.41) is 2.78. The molecule has 1 unspecified atom stereocenters. The predicted molar refractivity (Wildman–Crippen MR) is 103 cm³/mol. The Balaban J connectivity index is 1.91. The normalized spacial score (nSPS) is 15.5. The van der Waals surface area contributed by atoms with Gasteiger partial charge in [0.1, 0.15) is 5.60 Å². The van der Waals surface area contributed by atoms with Crippen LogP contribution in [0.1, 0.15) is 64.4 Å². The molecule has 0 radical (unpaired) electrons. The number of carbonyl (C=O) groups excluding carboxylic acids is 4. The maximum Gasteiger partial charge on any atom is 0.407 e. The number of amides is 4. The van der Waals surface area contributed by atoms with Crippen molar-refractivity contribution < 1.29 is 23.9 Å². The van der Waals surface area contributed by atoms with Gasteiger partial charge in [-0.2, -0.15) is 0 Å². The van der Waals surface area contributed by atoms with Crippen molar-refractivity contribution in [3.8, 4) is 0 Å². The highest BCUT2D eigenvalue weighted by Gasteiger charge is 2.33. The maximum atomic E-state index is 12.2. The third-order valence-electron chi connectivity index (χ3n) is 4.41. The van der Waals surface area contributed by atoms with Crippen LogP contribution in [0.5, 0.6) is 0 Å². The molecule has 2 rings (SSSR count). The second-order valence-electron chi connectivity index (χ2n) is 7.90. The van der Waals surface area contributed by atoms with Crippen molar-refractivity contribution in [3.05, 3.63) is 35.9 Å². The van der Waals surface area contributed by atoms with Gasteiger partial charge in [-0.05, 0) is 39.2 Å². The fraction of sp³-hybridized carbons (Fsp3) is 0.524. The summed E-state index contributed by atoms with van der Waals surface area (Å²) in [4.78, 5) is 48.2. The average molecular weight is 388 g/mol. The fourth-order valence-corrected chi connectivity index (χ4v) is 3.10. The van der Waals surface area contributed by atoms with E-state index in [0.29, 0.717) is 19.4 Å². The minimum absolute atomic E-state index is 0.00787. The first-order valence-electron chi connectivity index (χ1n) is 9.58. The molecule has 1 atom stereocenters. The van der Waals surface area contributed by atoms with Gasteiger partial charge < -0.3 is 10.1 Å². The van der Waals surface area contributed by atoms with E-state index in [9.17, 15) is 19.2 Å². The molecule has 1 aliphatic heterocycles. The number of benzene rings is 1. The highest BCUT2D eigenvalue weighted by atomic mass is 16.6. The summed E-state index contributed by atoms with van der Waals surface area (Å²) in [5.41, 5.74) is 0.465. The van der Waals surface area contributed by atoms with Gasteiger partial charge in [0, 0.05) is 31.7 Å². The monoisotopic (exact) mass is 388 g/mol. The van der Waals surface area contributed by atoms with Gasteiger partial charge in [0.05, 0.1) is 0 Å². The van der Waals surface area contributed by atoms with Crippen LogP contribution in [-0.2, 0) is 19.1 Å². The molecule has 4 amide bonds. The molecule has 1 aliphatic rings. The summed E-state index contributed by atoms with van der Waals surface area (Å²) in [5.74, 6) is -1.28. The molecule has 0 spiro atoms. The number of nitrogens with zero attached hydrogens (tertiary/aromatic N) is 1. The van der Waals surface area contributed by atoms with Crippen molar-refractivity contribution in [3.63, 3.8) is 0 Å². The standard InChI is InChI=1S/C21H28N2O5/c1-21(2,3)28-20(27)22-14-16(15-8-5-4-6-9-15)10-7-11-17(24)23-18(25)12-13-19(23)26/h4-6,8-9,16H,7,10-14H2,1-3H3,(H,22,27). The van der Waals surface area contributed by atoms with E-state index in [2.05, 4.69) is 5.32 Å². The Hall–Kier alpha value is -2.70. The van der Waals surface area contributed by atoms with E-state index in [1.165, 1.54) is 0 Å². The third kappa shape index (κ3) is 6.48. The Morgan fingerprint density at radius 1 is 1.11 bits per heavy atom. The Labute approximate surface area is 165 Å². The molecule has 0 aromatic heterocycles. The van der Waals surface area contributed by atoms with Gasteiger partial charge in [-0.1, -0.05) is 30.3 Å². The van der Waals surface area contributed by atoms with Crippen LogP contribution in [0.15, 0.2) is 30.3 Å². The van der Waals surface area contributed by atoms with Crippen molar-refractivity contribution >= 4 is 23.8 Å². The van der Waals surface area contributed by atoms with Crippen molar-refractivity contribution in [1.29, 1.82) is 0 Å². The third-order valence-corrected chi connectivity index (χ3v) is 4.41. The molecule has 7 nitrogen and oxygen atoms in total. The first-order chi connectivity index (χ1) is 13.2. The quantitative estimate of drug-likeness (QED) is 0.725. The molecule has 0 saturated carbocycles. The number of rotatable bonds is 7. The van der Waals surface area contributed by atoms with Gasteiger partial charge in [-0.15, -0.1) is 0 Å². The number of imide groups is 3. The van der Waals surface area contributed by atoms with Crippen LogP contribution in [0.2, 0.25) is 0 Å². The number of hydrogen-bond acceptors (Lipinski definition) is 5. The maximum absolute atomic E-state index is 12.2. The number of carbonyl (C=O) groups is 4. The fourth-order valence-electron chi connectivity index (χ4n) is 3.10. The molecular formula is C21H28N2O5.